The third-order valence-electron chi connectivity index (χ3n) is 3.43. The monoisotopic (exact) mass is 233 g/mol. The third-order valence-corrected chi connectivity index (χ3v) is 3.43. The minimum atomic E-state index is 0.626. The molecular weight excluding hydrogens is 210 g/mol. The van der Waals surface area contributed by atoms with Crippen LogP contribution in [-0.2, 0) is 0 Å². The second-order valence-corrected chi connectivity index (χ2v) is 4.78. The Morgan fingerprint density at radius 1 is 1.29 bits per heavy atom. The molecule has 1 heterocycles. The molecule has 0 fully saturated rings. The molecule has 1 aliphatic heterocycles. The molecule has 0 bridgehead atoms. The minimum absolute atomic E-state index is 0.626. The first kappa shape index (κ1) is 12.4. The van der Waals surface area contributed by atoms with Crippen molar-refractivity contribution < 1.29 is 4.74 Å². The van der Waals surface area contributed by atoms with Crippen molar-refractivity contribution in [2.45, 2.75) is 38.5 Å². The van der Waals surface area contributed by atoms with Gasteiger partial charge < -0.3 is 10.1 Å². The van der Waals surface area contributed by atoms with Crippen molar-refractivity contribution in [2.75, 3.05) is 19.7 Å². The fourth-order valence-electron chi connectivity index (χ4n) is 2.40. The zero-order valence-corrected chi connectivity index (χ0v) is 10.7. The summed E-state index contributed by atoms with van der Waals surface area (Å²) in [6.45, 7) is 5.34. The highest BCUT2D eigenvalue weighted by atomic mass is 16.5. The Morgan fingerprint density at radius 3 is 3.06 bits per heavy atom. The van der Waals surface area contributed by atoms with Gasteiger partial charge in [-0.2, -0.15) is 0 Å². The molecule has 1 aromatic rings. The molecule has 0 aliphatic carbocycles. The Kier molecular flexibility index (Phi) is 4.87. The molecule has 1 atom stereocenters. The zero-order valence-electron chi connectivity index (χ0n) is 10.7. The number of hydrogen-bond acceptors (Lipinski definition) is 2. The highest BCUT2D eigenvalue weighted by Gasteiger charge is 2.20. The molecule has 1 N–H and O–H groups in total. The van der Waals surface area contributed by atoms with Crippen molar-refractivity contribution in [2.24, 2.45) is 0 Å². The van der Waals surface area contributed by atoms with Gasteiger partial charge >= 0.3 is 0 Å². The standard InChI is InChI=1S/C15H23NO/c1-2-3-6-10-16-12-13-9-11-17-15-8-5-4-7-14(13)15/h4-5,7-8,13,16H,2-3,6,9-12H2,1H3. The quantitative estimate of drug-likeness (QED) is 0.761. The summed E-state index contributed by atoms with van der Waals surface area (Å²) in [4.78, 5) is 0. The van der Waals surface area contributed by atoms with E-state index in [1.54, 1.807) is 0 Å². The first-order chi connectivity index (χ1) is 8.42. The molecule has 0 saturated carbocycles. The summed E-state index contributed by atoms with van der Waals surface area (Å²) in [5.41, 5.74) is 1.38. The summed E-state index contributed by atoms with van der Waals surface area (Å²) in [5, 5.41) is 3.58. The maximum Gasteiger partial charge on any atom is 0.122 e. The van der Waals surface area contributed by atoms with Crippen LogP contribution in [0.1, 0.15) is 44.1 Å². The Hall–Kier alpha value is -1.02. The van der Waals surface area contributed by atoms with E-state index in [1.165, 1.54) is 24.8 Å². The molecule has 0 saturated heterocycles. The number of para-hydroxylation sites is 1. The van der Waals surface area contributed by atoms with Crippen LogP contribution in [0.15, 0.2) is 24.3 Å². The van der Waals surface area contributed by atoms with Gasteiger partial charge in [0.1, 0.15) is 5.75 Å². The molecule has 1 aliphatic rings. The topological polar surface area (TPSA) is 21.3 Å². The summed E-state index contributed by atoms with van der Waals surface area (Å²) in [7, 11) is 0. The van der Waals surface area contributed by atoms with Gasteiger partial charge in [0.15, 0.2) is 0 Å². The second kappa shape index (κ2) is 6.65. The maximum atomic E-state index is 5.67. The average molecular weight is 233 g/mol. The number of rotatable bonds is 6. The lowest BCUT2D eigenvalue weighted by atomic mass is 9.93. The van der Waals surface area contributed by atoms with Crippen LogP contribution in [0.3, 0.4) is 0 Å². The summed E-state index contributed by atoms with van der Waals surface area (Å²) < 4.78 is 5.67. The molecule has 0 spiro atoms. The van der Waals surface area contributed by atoms with Crippen molar-refractivity contribution in [1.82, 2.24) is 5.32 Å². The second-order valence-electron chi connectivity index (χ2n) is 4.78. The molecule has 1 unspecified atom stereocenters. The van der Waals surface area contributed by atoms with E-state index < -0.39 is 0 Å². The highest BCUT2D eigenvalue weighted by Crippen LogP contribution is 2.32. The molecule has 0 amide bonds. The molecule has 94 valence electrons. The first-order valence-electron chi connectivity index (χ1n) is 6.84. The summed E-state index contributed by atoms with van der Waals surface area (Å²) in [5.74, 6) is 1.71. The van der Waals surface area contributed by atoms with Crippen LogP contribution < -0.4 is 10.1 Å². The number of ether oxygens (including phenoxy) is 1. The van der Waals surface area contributed by atoms with Gasteiger partial charge in [-0.25, -0.2) is 0 Å². The molecule has 0 radical (unpaired) electrons. The van der Waals surface area contributed by atoms with Crippen molar-refractivity contribution in [3.8, 4) is 5.75 Å². The van der Waals surface area contributed by atoms with E-state index in [2.05, 4.69) is 36.5 Å². The van der Waals surface area contributed by atoms with Crippen LogP contribution in [0.25, 0.3) is 0 Å². The van der Waals surface area contributed by atoms with E-state index in [9.17, 15) is 0 Å². The SMILES string of the molecule is CCCCCNCC1CCOc2ccccc21. The van der Waals surface area contributed by atoms with Crippen molar-refractivity contribution >= 4 is 0 Å². The van der Waals surface area contributed by atoms with Crippen LogP contribution in [-0.4, -0.2) is 19.7 Å². The van der Waals surface area contributed by atoms with Crippen LogP contribution in [0.4, 0.5) is 0 Å². The van der Waals surface area contributed by atoms with Crippen LogP contribution in [0.5, 0.6) is 5.75 Å². The molecule has 2 nitrogen and oxygen atoms in total. The van der Waals surface area contributed by atoms with Crippen molar-refractivity contribution in [1.29, 1.82) is 0 Å². The molecule has 2 rings (SSSR count). The molecule has 17 heavy (non-hydrogen) atoms. The molecule has 1 aromatic carbocycles. The smallest absolute Gasteiger partial charge is 0.122 e. The number of unbranched alkanes of at least 4 members (excludes halogenated alkanes) is 2. The van der Waals surface area contributed by atoms with E-state index in [0.29, 0.717) is 5.92 Å². The number of benzene rings is 1. The van der Waals surface area contributed by atoms with E-state index in [4.69, 9.17) is 4.74 Å². The number of nitrogens with one attached hydrogen (secondary N) is 1. The third kappa shape index (κ3) is 3.47. The van der Waals surface area contributed by atoms with Crippen LogP contribution in [0.2, 0.25) is 0 Å². The summed E-state index contributed by atoms with van der Waals surface area (Å²) >= 11 is 0. The Morgan fingerprint density at radius 2 is 2.18 bits per heavy atom. The van der Waals surface area contributed by atoms with Crippen molar-refractivity contribution in [3.63, 3.8) is 0 Å². The fraction of sp³-hybridized carbons (Fsp3) is 0.600. The zero-order chi connectivity index (χ0) is 11.9. The largest absolute Gasteiger partial charge is 0.493 e. The van der Waals surface area contributed by atoms with E-state index in [0.717, 1.165) is 31.9 Å². The summed E-state index contributed by atoms with van der Waals surface area (Å²) in [6.07, 6.45) is 5.05. The van der Waals surface area contributed by atoms with Gasteiger partial charge in [-0.3, -0.25) is 0 Å². The highest BCUT2D eigenvalue weighted by molar-refractivity contribution is 5.37. The van der Waals surface area contributed by atoms with Crippen LogP contribution in [0, 0.1) is 0 Å². The van der Waals surface area contributed by atoms with Gasteiger partial charge in [0.25, 0.3) is 0 Å². The fourth-order valence-corrected chi connectivity index (χ4v) is 2.40. The lowest BCUT2D eigenvalue weighted by Gasteiger charge is -2.26. The normalized spacial score (nSPS) is 18.5. The Labute approximate surface area is 104 Å². The molecule has 0 aromatic heterocycles. The lowest BCUT2D eigenvalue weighted by Crippen LogP contribution is -2.26. The number of hydrogen-bond donors (Lipinski definition) is 1. The van der Waals surface area contributed by atoms with Gasteiger partial charge in [0.2, 0.25) is 0 Å². The van der Waals surface area contributed by atoms with Gasteiger partial charge in [-0.05, 0) is 31.0 Å². The van der Waals surface area contributed by atoms with E-state index in [1.807, 2.05) is 0 Å². The predicted octanol–water partition coefficient (Wildman–Crippen LogP) is 3.33. The summed E-state index contributed by atoms with van der Waals surface area (Å²) in [6, 6.07) is 8.44. The van der Waals surface area contributed by atoms with Gasteiger partial charge in [-0.15, -0.1) is 0 Å². The van der Waals surface area contributed by atoms with Gasteiger partial charge in [-0.1, -0.05) is 38.0 Å². The average Bonchev–Trinajstić information content (AvgIpc) is 2.39. The predicted molar refractivity (Wildman–Crippen MR) is 71.7 cm³/mol. The Balaban J connectivity index is 1.82. The van der Waals surface area contributed by atoms with Crippen molar-refractivity contribution in [3.05, 3.63) is 29.8 Å². The Bertz CT molecular complexity index is 337. The van der Waals surface area contributed by atoms with Gasteiger partial charge in [0, 0.05) is 12.5 Å². The maximum absolute atomic E-state index is 5.67. The lowest BCUT2D eigenvalue weighted by molar-refractivity contribution is 0.264. The first-order valence-corrected chi connectivity index (χ1v) is 6.84. The minimum Gasteiger partial charge on any atom is -0.493 e. The molecule has 2 heteroatoms. The molecular formula is C15H23NO. The number of fused-ring (bicyclic) bond motifs is 1. The van der Waals surface area contributed by atoms with Crippen LogP contribution >= 0.6 is 0 Å². The van der Waals surface area contributed by atoms with Gasteiger partial charge in [0.05, 0.1) is 6.61 Å². The van der Waals surface area contributed by atoms with E-state index >= 15 is 0 Å². The van der Waals surface area contributed by atoms with E-state index in [-0.39, 0.29) is 0 Å².